The van der Waals surface area contributed by atoms with E-state index in [-0.39, 0.29) is 26.9 Å². The van der Waals surface area contributed by atoms with E-state index < -0.39 is 16.0 Å². The van der Waals surface area contributed by atoms with Crippen LogP contribution < -0.4 is 4.72 Å². The number of rotatable bonds is 7. The van der Waals surface area contributed by atoms with Crippen molar-refractivity contribution in [1.29, 1.82) is 0 Å². The summed E-state index contributed by atoms with van der Waals surface area (Å²) in [6.07, 6.45) is 0. The van der Waals surface area contributed by atoms with Gasteiger partial charge < -0.3 is 4.90 Å². The van der Waals surface area contributed by atoms with E-state index in [1.165, 1.54) is 16.4 Å². The molecule has 7 nitrogen and oxygen atoms in total. The number of nitrogens with zero attached hydrogens (tertiary/aromatic N) is 4. The van der Waals surface area contributed by atoms with Crippen molar-refractivity contribution in [2.24, 2.45) is 0 Å². The molecule has 1 aliphatic rings. The number of hydrogen-bond donors (Lipinski definition) is 1. The van der Waals surface area contributed by atoms with Crippen LogP contribution in [0.15, 0.2) is 29.4 Å². The Morgan fingerprint density at radius 3 is 2.62 bits per heavy atom. The molecule has 0 saturated carbocycles. The molecule has 0 bridgehead atoms. The fourth-order valence-corrected chi connectivity index (χ4v) is 5.20. The summed E-state index contributed by atoms with van der Waals surface area (Å²) in [5.74, 6) is -0.217. The van der Waals surface area contributed by atoms with Gasteiger partial charge in [-0.15, -0.1) is 0 Å². The third-order valence-corrected chi connectivity index (χ3v) is 7.31. The van der Waals surface area contributed by atoms with Crippen LogP contribution >= 0.6 is 35.0 Å². The first-order valence-corrected chi connectivity index (χ1v) is 12.1. The molecule has 0 atom stereocenters. The lowest BCUT2D eigenvalue weighted by atomic mass is 10.2. The predicted octanol–water partition coefficient (Wildman–Crippen LogP) is 3.51. The highest BCUT2D eigenvalue weighted by Crippen LogP contribution is 2.27. The number of halogens is 3. The average Bonchev–Trinajstić information content (AvgIpc) is 2.68. The van der Waals surface area contributed by atoms with Crippen LogP contribution in [0.5, 0.6) is 0 Å². The van der Waals surface area contributed by atoms with E-state index in [0.29, 0.717) is 31.7 Å². The molecular weight excluding hydrogens is 460 g/mol. The molecule has 1 aliphatic heterocycles. The minimum absolute atomic E-state index is 0.0340. The highest BCUT2D eigenvalue weighted by Gasteiger charge is 2.27. The zero-order valence-corrected chi connectivity index (χ0v) is 18.8. The molecule has 2 heterocycles. The zero-order chi connectivity index (χ0) is 21.0. The van der Waals surface area contributed by atoms with Crippen molar-refractivity contribution in [3.63, 3.8) is 0 Å². The van der Waals surface area contributed by atoms with Crippen LogP contribution in [0, 0.1) is 5.82 Å². The van der Waals surface area contributed by atoms with Crippen molar-refractivity contribution >= 4 is 51.0 Å². The molecule has 158 valence electrons. The predicted molar refractivity (Wildman–Crippen MR) is 114 cm³/mol. The van der Waals surface area contributed by atoms with E-state index in [1.807, 2.05) is 6.92 Å². The summed E-state index contributed by atoms with van der Waals surface area (Å²) < 4.78 is 43.2. The van der Waals surface area contributed by atoms with Crippen molar-refractivity contribution in [2.75, 3.05) is 37.4 Å². The SMILES string of the molecule is CCN1CCN(S(=O)(=O)Nc2cc(Cl)nc(SCc3cccc(Cl)c3F)n2)CC1. The summed E-state index contributed by atoms with van der Waals surface area (Å²) in [7, 11) is -3.76. The van der Waals surface area contributed by atoms with Gasteiger partial charge >= 0.3 is 10.2 Å². The Morgan fingerprint density at radius 2 is 1.93 bits per heavy atom. The molecule has 29 heavy (non-hydrogen) atoms. The maximum Gasteiger partial charge on any atom is 0.302 e. The Bertz CT molecular complexity index is 972. The molecule has 1 aromatic heterocycles. The highest BCUT2D eigenvalue weighted by molar-refractivity contribution is 7.98. The van der Waals surface area contributed by atoms with Crippen molar-refractivity contribution in [3.8, 4) is 0 Å². The van der Waals surface area contributed by atoms with Crippen LogP contribution in [-0.4, -0.2) is 60.3 Å². The number of hydrogen-bond acceptors (Lipinski definition) is 6. The highest BCUT2D eigenvalue weighted by atomic mass is 35.5. The van der Waals surface area contributed by atoms with E-state index in [2.05, 4.69) is 19.6 Å². The van der Waals surface area contributed by atoms with Crippen LogP contribution in [0.25, 0.3) is 0 Å². The summed E-state index contributed by atoms with van der Waals surface area (Å²) in [6, 6.07) is 6.07. The second kappa shape index (κ2) is 9.76. The lowest BCUT2D eigenvalue weighted by Gasteiger charge is -2.33. The topological polar surface area (TPSA) is 78.4 Å². The van der Waals surface area contributed by atoms with Crippen molar-refractivity contribution in [1.82, 2.24) is 19.2 Å². The molecule has 2 aromatic rings. The number of benzene rings is 1. The summed E-state index contributed by atoms with van der Waals surface area (Å²) in [4.78, 5) is 10.4. The standard InChI is InChI=1S/C17H20Cl2FN5O2S2/c1-2-24-6-8-25(9-7-24)29(26,27)23-15-10-14(19)21-17(22-15)28-11-12-4-3-5-13(18)16(12)20/h3-5,10H,2,6-9,11H2,1H3,(H,21,22,23). The fraction of sp³-hybridized carbons (Fsp3) is 0.412. The molecule has 1 fully saturated rings. The zero-order valence-electron chi connectivity index (χ0n) is 15.6. The van der Waals surface area contributed by atoms with Gasteiger partial charge in [0.05, 0.1) is 5.02 Å². The maximum absolute atomic E-state index is 14.0. The Balaban J connectivity index is 1.69. The number of nitrogens with one attached hydrogen (secondary N) is 1. The van der Waals surface area contributed by atoms with Gasteiger partial charge in [0, 0.05) is 38.0 Å². The number of thioether (sulfide) groups is 1. The van der Waals surface area contributed by atoms with Gasteiger partial charge in [0.2, 0.25) is 0 Å². The molecule has 0 spiro atoms. The number of piperazine rings is 1. The van der Waals surface area contributed by atoms with E-state index in [0.717, 1.165) is 18.3 Å². The second-order valence-corrected chi connectivity index (χ2v) is 9.71. The monoisotopic (exact) mass is 479 g/mol. The molecular formula is C17H20Cl2FN5O2S2. The van der Waals surface area contributed by atoms with Crippen LogP contribution in [0.4, 0.5) is 10.2 Å². The molecule has 0 radical (unpaired) electrons. The first-order chi connectivity index (χ1) is 13.8. The van der Waals surface area contributed by atoms with E-state index in [4.69, 9.17) is 23.2 Å². The lowest BCUT2D eigenvalue weighted by Crippen LogP contribution is -2.50. The number of aromatic nitrogens is 2. The van der Waals surface area contributed by atoms with E-state index in [1.54, 1.807) is 12.1 Å². The first-order valence-electron chi connectivity index (χ1n) is 8.89. The summed E-state index contributed by atoms with van der Waals surface area (Å²) in [5, 5.41) is 0.347. The van der Waals surface area contributed by atoms with Crippen molar-refractivity contribution < 1.29 is 12.8 Å². The van der Waals surface area contributed by atoms with Gasteiger partial charge in [-0.3, -0.25) is 4.72 Å². The Morgan fingerprint density at radius 1 is 1.21 bits per heavy atom. The van der Waals surface area contributed by atoms with Crippen LogP contribution in [0.2, 0.25) is 10.2 Å². The summed E-state index contributed by atoms with van der Waals surface area (Å²) in [6.45, 7) is 5.08. The molecule has 3 rings (SSSR count). The molecule has 0 amide bonds. The van der Waals surface area contributed by atoms with Crippen LogP contribution in [-0.2, 0) is 16.0 Å². The lowest BCUT2D eigenvalue weighted by molar-refractivity contribution is 0.197. The largest absolute Gasteiger partial charge is 0.302 e. The maximum atomic E-state index is 14.0. The smallest absolute Gasteiger partial charge is 0.301 e. The molecule has 1 saturated heterocycles. The molecule has 12 heteroatoms. The Hall–Kier alpha value is -1.17. The van der Waals surface area contributed by atoms with Gasteiger partial charge in [-0.2, -0.15) is 12.7 Å². The normalized spacial score (nSPS) is 16.1. The van der Waals surface area contributed by atoms with Gasteiger partial charge in [-0.25, -0.2) is 14.4 Å². The van der Waals surface area contributed by atoms with Crippen LogP contribution in [0.1, 0.15) is 12.5 Å². The quantitative estimate of drug-likeness (QED) is 0.371. The molecule has 0 unspecified atom stereocenters. The first kappa shape index (κ1) is 22.5. The molecule has 1 N–H and O–H groups in total. The minimum Gasteiger partial charge on any atom is -0.301 e. The molecule has 1 aromatic carbocycles. The Labute approximate surface area is 183 Å². The van der Waals surface area contributed by atoms with Crippen LogP contribution in [0.3, 0.4) is 0 Å². The van der Waals surface area contributed by atoms with E-state index >= 15 is 0 Å². The average molecular weight is 480 g/mol. The second-order valence-electron chi connectivity index (χ2n) is 6.30. The fourth-order valence-electron chi connectivity index (χ4n) is 2.80. The van der Waals surface area contributed by atoms with Gasteiger partial charge in [0.15, 0.2) is 5.16 Å². The molecule has 0 aliphatic carbocycles. The third-order valence-electron chi connectivity index (χ3n) is 4.41. The van der Waals surface area contributed by atoms with Gasteiger partial charge in [-0.05, 0) is 18.2 Å². The van der Waals surface area contributed by atoms with Gasteiger partial charge in [0.1, 0.15) is 16.8 Å². The minimum atomic E-state index is -3.76. The Kier molecular flexibility index (Phi) is 7.58. The van der Waals surface area contributed by atoms with Crippen molar-refractivity contribution in [2.45, 2.75) is 17.8 Å². The van der Waals surface area contributed by atoms with E-state index in [9.17, 15) is 12.8 Å². The summed E-state index contributed by atoms with van der Waals surface area (Å²) in [5.41, 5.74) is 0.391. The number of anilines is 1. The number of likely N-dealkylation sites (N-methyl/N-ethyl adjacent to an activating group) is 1. The summed E-state index contributed by atoms with van der Waals surface area (Å²) >= 11 is 12.9. The van der Waals surface area contributed by atoms with Gasteiger partial charge in [0.25, 0.3) is 0 Å². The van der Waals surface area contributed by atoms with Crippen molar-refractivity contribution in [3.05, 3.63) is 45.8 Å². The third kappa shape index (κ3) is 5.93. The van der Waals surface area contributed by atoms with Gasteiger partial charge in [-0.1, -0.05) is 54.0 Å².